The lowest BCUT2D eigenvalue weighted by molar-refractivity contribution is -0.384. The fourth-order valence-electron chi connectivity index (χ4n) is 1.82. The number of nitro benzene ring substituents is 1. The molecule has 0 aliphatic carbocycles. The van der Waals surface area contributed by atoms with Crippen LogP contribution < -0.4 is 0 Å². The molecule has 0 unspecified atom stereocenters. The molecule has 94 valence electrons. The van der Waals surface area contributed by atoms with Crippen molar-refractivity contribution >= 4 is 32.5 Å². The van der Waals surface area contributed by atoms with E-state index in [4.69, 9.17) is 0 Å². The highest BCUT2D eigenvalue weighted by Gasteiger charge is 2.13. The number of hydrogen-bond donors (Lipinski definition) is 0. The summed E-state index contributed by atoms with van der Waals surface area (Å²) >= 11 is 3.39. The molecule has 19 heavy (non-hydrogen) atoms. The summed E-state index contributed by atoms with van der Waals surface area (Å²) in [4.78, 5) is 14.6. The van der Waals surface area contributed by atoms with Crippen molar-refractivity contribution in [3.8, 4) is 5.82 Å². The molecule has 2 heterocycles. The first-order valence-electron chi connectivity index (χ1n) is 5.40. The van der Waals surface area contributed by atoms with Crippen LogP contribution in [0, 0.1) is 10.1 Å². The van der Waals surface area contributed by atoms with Crippen LogP contribution in [0.5, 0.6) is 0 Å². The third-order valence-corrected chi connectivity index (χ3v) is 3.32. The molecule has 0 saturated carbocycles. The molecule has 0 N–H and O–H groups in total. The fourth-order valence-corrected chi connectivity index (χ4v) is 2.25. The van der Waals surface area contributed by atoms with Gasteiger partial charge in [-0.15, -0.1) is 0 Å². The van der Waals surface area contributed by atoms with Gasteiger partial charge in [0.05, 0.1) is 21.1 Å². The summed E-state index contributed by atoms with van der Waals surface area (Å²) in [6, 6.07) is 8.26. The topological polar surface area (TPSA) is 73.8 Å². The Hall–Kier alpha value is -2.28. The number of non-ortho nitro benzene ring substituents is 1. The number of pyridine rings is 1. The van der Waals surface area contributed by atoms with Crippen LogP contribution in [0.1, 0.15) is 0 Å². The Morgan fingerprint density at radius 3 is 2.89 bits per heavy atom. The monoisotopic (exact) mass is 318 g/mol. The van der Waals surface area contributed by atoms with Gasteiger partial charge in [0.1, 0.15) is 0 Å². The van der Waals surface area contributed by atoms with E-state index in [0.717, 1.165) is 9.86 Å². The van der Waals surface area contributed by atoms with Crippen molar-refractivity contribution in [3.05, 3.63) is 57.3 Å². The number of halogens is 1. The predicted molar refractivity (Wildman–Crippen MR) is 73.2 cm³/mol. The molecule has 0 amide bonds. The number of nitro groups is 1. The molecular weight excluding hydrogens is 312 g/mol. The summed E-state index contributed by atoms with van der Waals surface area (Å²) in [5.74, 6) is 0.595. The molecule has 7 heteroatoms. The first kappa shape index (κ1) is 11.8. The lowest BCUT2D eigenvalue weighted by Gasteiger charge is -2.04. The Bertz CT molecular complexity index is 784. The Kier molecular flexibility index (Phi) is 2.75. The van der Waals surface area contributed by atoms with Crippen molar-refractivity contribution in [1.82, 2.24) is 14.8 Å². The highest BCUT2D eigenvalue weighted by atomic mass is 79.9. The van der Waals surface area contributed by atoms with E-state index in [1.165, 1.54) is 12.1 Å². The summed E-state index contributed by atoms with van der Waals surface area (Å²) in [5, 5.41) is 15.9. The van der Waals surface area contributed by atoms with Crippen molar-refractivity contribution in [3.63, 3.8) is 0 Å². The molecule has 2 aromatic heterocycles. The molecule has 0 bridgehead atoms. The first-order chi connectivity index (χ1) is 9.16. The molecule has 0 saturated heterocycles. The number of hydrogen-bond acceptors (Lipinski definition) is 4. The van der Waals surface area contributed by atoms with Crippen LogP contribution in [0.15, 0.2) is 47.2 Å². The molecule has 3 rings (SSSR count). The van der Waals surface area contributed by atoms with Crippen LogP contribution in [0.25, 0.3) is 16.7 Å². The molecule has 0 atom stereocenters. The molecule has 0 aliphatic heterocycles. The minimum absolute atomic E-state index is 0.0290. The van der Waals surface area contributed by atoms with Crippen LogP contribution in [-0.2, 0) is 0 Å². The lowest BCUT2D eigenvalue weighted by atomic mass is 10.2. The highest BCUT2D eigenvalue weighted by molar-refractivity contribution is 9.10. The van der Waals surface area contributed by atoms with Gasteiger partial charge >= 0.3 is 0 Å². The largest absolute Gasteiger partial charge is 0.271 e. The summed E-state index contributed by atoms with van der Waals surface area (Å²) in [6.07, 6.45) is 3.30. The second kappa shape index (κ2) is 4.43. The maximum Gasteiger partial charge on any atom is 0.271 e. The SMILES string of the molecule is O=[N+]([O-])c1ccc2cnn(-c3ncccc3Br)c2c1. The average Bonchev–Trinajstić information content (AvgIpc) is 2.82. The van der Waals surface area contributed by atoms with Gasteiger partial charge in [-0.05, 0) is 34.1 Å². The van der Waals surface area contributed by atoms with E-state index in [0.29, 0.717) is 11.3 Å². The summed E-state index contributed by atoms with van der Waals surface area (Å²) < 4.78 is 2.35. The van der Waals surface area contributed by atoms with E-state index in [-0.39, 0.29) is 5.69 Å². The number of rotatable bonds is 2. The Morgan fingerprint density at radius 2 is 2.16 bits per heavy atom. The van der Waals surface area contributed by atoms with E-state index in [9.17, 15) is 10.1 Å². The highest BCUT2D eigenvalue weighted by Crippen LogP contribution is 2.25. The third-order valence-electron chi connectivity index (χ3n) is 2.70. The van der Waals surface area contributed by atoms with Gasteiger partial charge in [0, 0.05) is 23.7 Å². The zero-order chi connectivity index (χ0) is 13.4. The smallest absolute Gasteiger partial charge is 0.258 e. The number of fused-ring (bicyclic) bond motifs is 1. The van der Waals surface area contributed by atoms with Gasteiger partial charge in [-0.2, -0.15) is 5.10 Å². The lowest BCUT2D eigenvalue weighted by Crippen LogP contribution is -2.00. The maximum absolute atomic E-state index is 10.8. The molecule has 0 radical (unpaired) electrons. The molecule has 0 fully saturated rings. The van der Waals surface area contributed by atoms with Crippen molar-refractivity contribution in [1.29, 1.82) is 0 Å². The third kappa shape index (κ3) is 1.97. The standard InChI is InChI=1S/C12H7BrN4O2/c13-10-2-1-5-14-12(10)16-11-6-9(17(18)19)4-3-8(11)7-15-16/h1-7H. The van der Waals surface area contributed by atoms with Crippen LogP contribution in [0.3, 0.4) is 0 Å². The first-order valence-corrected chi connectivity index (χ1v) is 6.19. The van der Waals surface area contributed by atoms with E-state index in [1.807, 2.05) is 6.07 Å². The Labute approximate surface area is 116 Å². The van der Waals surface area contributed by atoms with E-state index >= 15 is 0 Å². The van der Waals surface area contributed by atoms with Gasteiger partial charge in [0.2, 0.25) is 0 Å². The van der Waals surface area contributed by atoms with E-state index < -0.39 is 4.92 Å². The van der Waals surface area contributed by atoms with Gasteiger partial charge in [0.25, 0.3) is 5.69 Å². The molecule has 3 aromatic rings. The summed E-state index contributed by atoms with van der Waals surface area (Å²) in [6.45, 7) is 0. The summed E-state index contributed by atoms with van der Waals surface area (Å²) in [5.41, 5.74) is 0.676. The van der Waals surface area contributed by atoms with Crippen LogP contribution in [0.4, 0.5) is 5.69 Å². The second-order valence-corrected chi connectivity index (χ2v) is 4.72. The second-order valence-electron chi connectivity index (χ2n) is 3.87. The van der Waals surface area contributed by atoms with Crippen molar-refractivity contribution in [2.24, 2.45) is 0 Å². The Morgan fingerprint density at radius 1 is 1.32 bits per heavy atom. The van der Waals surface area contributed by atoms with E-state index in [1.54, 1.807) is 29.2 Å². The maximum atomic E-state index is 10.8. The van der Waals surface area contributed by atoms with Crippen LogP contribution in [0.2, 0.25) is 0 Å². The number of aromatic nitrogens is 3. The number of nitrogens with zero attached hydrogens (tertiary/aromatic N) is 4. The average molecular weight is 319 g/mol. The molecule has 0 aliphatic rings. The van der Waals surface area contributed by atoms with Gasteiger partial charge in [0.15, 0.2) is 5.82 Å². The zero-order valence-corrected chi connectivity index (χ0v) is 11.1. The minimum atomic E-state index is -0.426. The fraction of sp³-hybridized carbons (Fsp3) is 0. The van der Waals surface area contributed by atoms with Gasteiger partial charge in [-0.1, -0.05) is 0 Å². The van der Waals surface area contributed by atoms with Crippen LogP contribution >= 0.6 is 15.9 Å². The normalized spacial score (nSPS) is 10.8. The minimum Gasteiger partial charge on any atom is -0.258 e. The molecule has 6 nitrogen and oxygen atoms in total. The molecule has 1 aromatic carbocycles. The van der Waals surface area contributed by atoms with Gasteiger partial charge in [-0.25, -0.2) is 9.67 Å². The summed E-state index contributed by atoms with van der Waals surface area (Å²) in [7, 11) is 0. The van der Waals surface area contributed by atoms with Gasteiger partial charge in [-0.3, -0.25) is 10.1 Å². The quantitative estimate of drug-likeness (QED) is 0.537. The Balaban J connectivity index is 2.27. The van der Waals surface area contributed by atoms with Gasteiger partial charge < -0.3 is 0 Å². The van der Waals surface area contributed by atoms with Crippen molar-refractivity contribution < 1.29 is 4.92 Å². The number of benzene rings is 1. The molecular formula is C12H7BrN4O2. The van der Waals surface area contributed by atoms with Crippen LogP contribution in [-0.4, -0.2) is 19.7 Å². The zero-order valence-electron chi connectivity index (χ0n) is 9.52. The van der Waals surface area contributed by atoms with E-state index in [2.05, 4.69) is 26.0 Å². The van der Waals surface area contributed by atoms with Crippen molar-refractivity contribution in [2.75, 3.05) is 0 Å². The predicted octanol–water partition coefficient (Wildman–Crippen LogP) is 3.09. The molecule has 0 spiro atoms. The van der Waals surface area contributed by atoms with Crippen molar-refractivity contribution in [2.45, 2.75) is 0 Å².